The largest absolute Gasteiger partial charge is 0.355 e. The van der Waals surface area contributed by atoms with Gasteiger partial charge in [0, 0.05) is 26.6 Å². The smallest absolute Gasteiger partial charge is 0.216 e. The minimum Gasteiger partial charge on any atom is -0.355 e. The van der Waals surface area contributed by atoms with Gasteiger partial charge >= 0.3 is 0 Å². The van der Waals surface area contributed by atoms with Crippen LogP contribution in [0.5, 0.6) is 0 Å². The van der Waals surface area contributed by atoms with Gasteiger partial charge in [-0.2, -0.15) is 0 Å². The lowest BCUT2D eigenvalue weighted by Gasteiger charge is -2.08. The van der Waals surface area contributed by atoms with Gasteiger partial charge in [0.15, 0.2) is 0 Å². The maximum atomic E-state index is 10.6. The Morgan fingerprint density at radius 1 is 1.18 bits per heavy atom. The summed E-state index contributed by atoms with van der Waals surface area (Å²) in [5, 5.41) is 6.05. The van der Waals surface area contributed by atoms with Crippen molar-refractivity contribution in [2.24, 2.45) is 0 Å². The first-order valence-electron chi connectivity index (χ1n) is 6.13. The number of benzene rings is 1. The van der Waals surface area contributed by atoms with Crippen molar-refractivity contribution in [1.82, 2.24) is 10.6 Å². The minimum absolute atomic E-state index is 0.0214. The number of hydrogen-bond acceptors (Lipinski definition) is 2. The zero-order valence-corrected chi connectivity index (χ0v) is 10.9. The Morgan fingerprint density at radius 3 is 2.35 bits per heavy atom. The van der Waals surface area contributed by atoms with E-state index in [0.29, 0.717) is 12.5 Å². The van der Waals surface area contributed by atoms with Gasteiger partial charge in [-0.1, -0.05) is 38.1 Å². The molecule has 0 unspecified atom stereocenters. The van der Waals surface area contributed by atoms with E-state index in [1.807, 2.05) is 0 Å². The lowest BCUT2D eigenvalue weighted by molar-refractivity contribution is -0.118. The molecule has 0 bridgehead atoms. The molecule has 1 rings (SSSR count). The lowest BCUT2D eigenvalue weighted by atomic mass is 10.0. The number of carbonyl (C=O) groups excluding carboxylic acids is 1. The van der Waals surface area contributed by atoms with Crippen molar-refractivity contribution in [3.8, 4) is 0 Å². The Hall–Kier alpha value is -1.35. The van der Waals surface area contributed by atoms with Gasteiger partial charge in [0.2, 0.25) is 5.91 Å². The van der Waals surface area contributed by atoms with Crippen molar-refractivity contribution in [2.45, 2.75) is 33.2 Å². The van der Waals surface area contributed by atoms with Crippen LogP contribution in [0.25, 0.3) is 0 Å². The second kappa shape index (κ2) is 7.07. The van der Waals surface area contributed by atoms with E-state index in [4.69, 9.17) is 0 Å². The molecule has 2 N–H and O–H groups in total. The van der Waals surface area contributed by atoms with Crippen LogP contribution in [0, 0.1) is 0 Å². The van der Waals surface area contributed by atoms with Crippen LogP contribution in [-0.2, 0) is 11.3 Å². The summed E-state index contributed by atoms with van der Waals surface area (Å²) in [5.74, 6) is 0.602. The van der Waals surface area contributed by atoms with Crippen LogP contribution in [0.1, 0.15) is 37.8 Å². The molecule has 3 nitrogen and oxygen atoms in total. The molecule has 0 heterocycles. The fourth-order valence-corrected chi connectivity index (χ4v) is 1.58. The summed E-state index contributed by atoms with van der Waals surface area (Å²) < 4.78 is 0. The minimum atomic E-state index is 0.0214. The third-order valence-corrected chi connectivity index (χ3v) is 2.65. The van der Waals surface area contributed by atoms with Crippen molar-refractivity contribution in [3.63, 3.8) is 0 Å². The SMILES string of the molecule is CC(=O)NCCNCc1ccc(C(C)C)cc1. The van der Waals surface area contributed by atoms with Crippen LogP contribution in [0.4, 0.5) is 0 Å². The van der Waals surface area contributed by atoms with Crippen LogP contribution in [0.15, 0.2) is 24.3 Å². The van der Waals surface area contributed by atoms with Crippen LogP contribution >= 0.6 is 0 Å². The summed E-state index contributed by atoms with van der Waals surface area (Å²) in [5.41, 5.74) is 2.64. The predicted molar refractivity (Wildman–Crippen MR) is 70.9 cm³/mol. The highest BCUT2D eigenvalue weighted by atomic mass is 16.1. The molecule has 17 heavy (non-hydrogen) atoms. The van der Waals surface area contributed by atoms with Crippen molar-refractivity contribution < 1.29 is 4.79 Å². The average Bonchev–Trinajstić information content (AvgIpc) is 2.29. The molecule has 1 aromatic carbocycles. The Balaban J connectivity index is 2.25. The summed E-state index contributed by atoms with van der Waals surface area (Å²) in [7, 11) is 0. The van der Waals surface area contributed by atoms with E-state index < -0.39 is 0 Å². The molecule has 0 atom stereocenters. The molecule has 0 saturated carbocycles. The molecule has 0 fully saturated rings. The van der Waals surface area contributed by atoms with Crippen LogP contribution in [0.3, 0.4) is 0 Å². The normalized spacial score (nSPS) is 10.6. The van der Waals surface area contributed by atoms with Crippen molar-refractivity contribution in [2.75, 3.05) is 13.1 Å². The Bertz CT molecular complexity index is 344. The third-order valence-electron chi connectivity index (χ3n) is 2.65. The van der Waals surface area contributed by atoms with Crippen LogP contribution in [-0.4, -0.2) is 19.0 Å². The van der Waals surface area contributed by atoms with Gasteiger partial charge in [0.25, 0.3) is 0 Å². The van der Waals surface area contributed by atoms with Crippen molar-refractivity contribution in [1.29, 1.82) is 0 Å². The summed E-state index contributed by atoms with van der Waals surface area (Å²) >= 11 is 0. The van der Waals surface area contributed by atoms with E-state index >= 15 is 0 Å². The molecule has 0 aliphatic carbocycles. The van der Waals surface area contributed by atoms with Crippen molar-refractivity contribution in [3.05, 3.63) is 35.4 Å². The fourth-order valence-electron chi connectivity index (χ4n) is 1.58. The van der Waals surface area contributed by atoms with Crippen molar-refractivity contribution >= 4 is 5.91 Å². The number of amides is 1. The van der Waals surface area contributed by atoms with Gasteiger partial charge in [0.05, 0.1) is 0 Å². The highest BCUT2D eigenvalue weighted by Gasteiger charge is 1.98. The first-order chi connectivity index (χ1) is 8.09. The summed E-state index contributed by atoms with van der Waals surface area (Å²) in [6, 6.07) is 8.66. The average molecular weight is 234 g/mol. The third kappa shape index (κ3) is 5.50. The van der Waals surface area contributed by atoms with Gasteiger partial charge in [0.1, 0.15) is 0 Å². The molecule has 0 saturated heterocycles. The molecule has 0 spiro atoms. The molecule has 3 heteroatoms. The molecule has 0 aliphatic heterocycles. The van der Waals surface area contributed by atoms with E-state index in [9.17, 15) is 4.79 Å². The summed E-state index contributed by atoms with van der Waals surface area (Å²) in [6.45, 7) is 8.24. The number of rotatable bonds is 6. The Morgan fingerprint density at radius 2 is 1.82 bits per heavy atom. The monoisotopic (exact) mass is 234 g/mol. The number of hydrogen-bond donors (Lipinski definition) is 2. The zero-order valence-electron chi connectivity index (χ0n) is 10.9. The Labute approximate surface area is 104 Å². The molecular weight excluding hydrogens is 212 g/mol. The first kappa shape index (κ1) is 13.7. The summed E-state index contributed by atoms with van der Waals surface area (Å²) in [6.07, 6.45) is 0. The summed E-state index contributed by atoms with van der Waals surface area (Å²) in [4.78, 5) is 10.6. The molecule has 1 aromatic rings. The molecular formula is C14H22N2O. The number of carbonyl (C=O) groups is 1. The number of nitrogens with one attached hydrogen (secondary N) is 2. The molecule has 94 valence electrons. The maximum Gasteiger partial charge on any atom is 0.216 e. The van der Waals surface area contributed by atoms with Crippen LogP contribution in [0.2, 0.25) is 0 Å². The molecule has 0 radical (unpaired) electrons. The van der Waals surface area contributed by atoms with E-state index in [-0.39, 0.29) is 5.91 Å². The second-order valence-electron chi connectivity index (χ2n) is 4.56. The van der Waals surface area contributed by atoms with E-state index in [0.717, 1.165) is 13.1 Å². The topological polar surface area (TPSA) is 41.1 Å². The van der Waals surface area contributed by atoms with E-state index in [2.05, 4.69) is 48.7 Å². The molecule has 1 amide bonds. The maximum absolute atomic E-state index is 10.6. The standard InChI is InChI=1S/C14H22N2O/c1-11(2)14-6-4-13(5-7-14)10-15-8-9-16-12(3)17/h4-7,11,15H,8-10H2,1-3H3,(H,16,17). The molecule has 0 aromatic heterocycles. The zero-order chi connectivity index (χ0) is 12.7. The second-order valence-corrected chi connectivity index (χ2v) is 4.56. The fraction of sp³-hybridized carbons (Fsp3) is 0.500. The highest BCUT2D eigenvalue weighted by molar-refractivity contribution is 5.72. The van der Waals surface area contributed by atoms with E-state index in [1.54, 1.807) is 0 Å². The van der Waals surface area contributed by atoms with Gasteiger partial charge in [-0.05, 0) is 17.0 Å². The van der Waals surface area contributed by atoms with Gasteiger partial charge in [-0.3, -0.25) is 4.79 Å². The highest BCUT2D eigenvalue weighted by Crippen LogP contribution is 2.14. The predicted octanol–water partition coefficient (Wildman–Crippen LogP) is 2.04. The lowest BCUT2D eigenvalue weighted by Crippen LogP contribution is -2.29. The van der Waals surface area contributed by atoms with Crippen LogP contribution < -0.4 is 10.6 Å². The van der Waals surface area contributed by atoms with E-state index in [1.165, 1.54) is 18.1 Å². The Kier molecular flexibility index (Phi) is 5.70. The van der Waals surface area contributed by atoms with Gasteiger partial charge in [-0.15, -0.1) is 0 Å². The van der Waals surface area contributed by atoms with Gasteiger partial charge in [-0.25, -0.2) is 0 Å². The first-order valence-corrected chi connectivity index (χ1v) is 6.13. The molecule has 0 aliphatic rings. The van der Waals surface area contributed by atoms with Gasteiger partial charge < -0.3 is 10.6 Å². The quantitative estimate of drug-likeness (QED) is 0.740.